The SMILES string of the molecule is CCc1ccc(N2C(N)=C(C#N)C(c3cc(C)cc(CSc4ccc(Cl)cc4)c3C)C3=C2CC(C)(C)CC3=O)cc1. The van der Waals surface area contributed by atoms with Gasteiger partial charge in [0.25, 0.3) is 0 Å². The smallest absolute Gasteiger partial charge is 0.162 e. The molecule has 0 bridgehead atoms. The summed E-state index contributed by atoms with van der Waals surface area (Å²) in [4.78, 5) is 17.1. The fourth-order valence-corrected chi connectivity index (χ4v) is 7.18. The average molecular weight is 582 g/mol. The minimum absolute atomic E-state index is 0.0923. The third kappa shape index (κ3) is 5.69. The van der Waals surface area contributed by atoms with E-state index >= 15 is 0 Å². The summed E-state index contributed by atoms with van der Waals surface area (Å²) in [6, 6.07) is 22.9. The fraction of sp³-hybridized carbons (Fsp3) is 0.314. The molecular formula is C35H36ClN3OS. The Morgan fingerprint density at radius 3 is 2.39 bits per heavy atom. The molecule has 4 nitrogen and oxygen atoms in total. The van der Waals surface area contributed by atoms with Crippen LogP contribution in [0.25, 0.3) is 0 Å². The normalized spacial score (nSPS) is 18.4. The van der Waals surface area contributed by atoms with Crippen LogP contribution in [0.5, 0.6) is 0 Å². The molecule has 0 spiro atoms. The van der Waals surface area contributed by atoms with Crippen molar-refractivity contribution < 1.29 is 4.79 Å². The molecule has 0 fully saturated rings. The highest BCUT2D eigenvalue weighted by Gasteiger charge is 2.45. The third-order valence-corrected chi connectivity index (χ3v) is 9.52. The van der Waals surface area contributed by atoms with Crippen molar-refractivity contribution in [2.24, 2.45) is 11.1 Å². The fourth-order valence-electron chi connectivity index (χ4n) is 6.10. The van der Waals surface area contributed by atoms with Crippen molar-refractivity contribution in [1.29, 1.82) is 5.26 Å². The summed E-state index contributed by atoms with van der Waals surface area (Å²) in [6.45, 7) is 10.6. The molecule has 1 heterocycles. The molecule has 0 amide bonds. The number of thioether (sulfide) groups is 1. The van der Waals surface area contributed by atoms with E-state index in [2.05, 4.69) is 65.0 Å². The molecule has 1 aliphatic carbocycles. The number of anilines is 1. The summed E-state index contributed by atoms with van der Waals surface area (Å²) in [5.41, 5.74) is 15.2. The summed E-state index contributed by atoms with van der Waals surface area (Å²) in [7, 11) is 0. The lowest BCUT2D eigenvalue weighted by Gasteiger charge is -2.44. The van der Waals surface area contributed by atoms with Crippen LogP contribution in [-0.2, 0) is 17.0 Å². The number of carbonyl (C=O) groups excluding carboxylic acids is 1. The molecule has 1 atom stereocenters. The quantitative estimate of drug-likeness (QED) is 0.295. The zero-order chi connectivity index (χ0) is 29.5. The maximum Gasteiger partial charge on any atom is 0.162 e. The summed E-state index contributed by atoms with van der Waals surface area (Å²) in [5, 5.41) is 11.3. The molecule has 0 saturated carbocycles. The molecule has 210 valence electrons. The van der Waals surface area contributed by atoms with E-state index < -0.39 is 5.92 Å². The Morgan fingerprint density at radius 1 is 1.07 bits per heavy atom. The van der Waals surface area contributed by atoms with Crippen molar-refractivity contribution in [1.82, 2.24) is 0 Å². The number of benzene rings is 3. The van der Waals surface area contributed by atoms with Crippen molar-refractivity contribution in [2.45, 2.75) is 70.4 Å². The second-order valence-corrected chi connectivity index (χ2v) is 13.4. The van der Waals surface area contributed by atoms with Gasteiger partial charge >= 0.3 is 0 Å². The molecule has 6 heteroatoms. The van der Waals surface area contributed by atoms with Crippen LogP contribution in [0.15, 0.2) is 88.2 Å². The minimum Gasteiger partial charge on any atom is -0.384 e. The highest BCUT2D eigenvalue weighted by Crippen LogP contribution is 2.51. The van der Waals surface area contributed by atoms with Crippen molar-refractivity contribution >= 4 is 34.8 Å². The van der Waals surface area contributed by atoms with Crippen LogP contribution in [0.2, 0.25) is 5.02 Å². The third-order valence-electron chi connectivity index (χ3n) is 8.20. The number of nitrogens with two attached hydrogens (primary N) is 1. The van der Waals surface area contributed by atoms with Gasteiger partial charge in [0.15, 0.2) is 5.78 Å². The average Bonchev–Trinajstić information content (AvgIpc) is 2.93. The van der Waals surface area contributed by atoms with Crippen molar-refractivity contribution in [2.75, 3.05) is 4.90 Å². The molecular weight excluding hydrogens is 546 g/mol. The Morgan fingerprint density at radius 2 is 1.76 bits per heavy atom. The molecule has 2 aliphatic rings. The molecule has 41 heavy (non-hydrogen) atoms. The lowest BCUT2D eigenvalue weighted by atomic mass is 9.68. The van der Waals surface area contributed by atoms with E-state index in [9.17, 15) is 10.1 Å². The molecule has 0 saturated heterocycles. The van der Waals surface area contributed by atoms with Gasteiger partial charge in [-0.15, -0.1) is 11.8 Å². The first-order valence-electron chi connectivity index (χ1n) is 14.1. The number of aryl methyl sites for hydroxylation is 2. The number of hydrogen-bond donors (Lipinski definition) is 1. The Balaban J connectivity index is 1.65. The molecule has 0 aromatic heterocycles. The van der Waals surface area contributed by atoms with Crippen molar-refractivity contribution in [3.63, 3.8) is 0 Å². The zero-order valence-electron chi connectivity index (χ0n) is 24.3. The first-order valence-corrected chi connectivity index (χ1v) is 15.4. The van der Waals surface area contributed by atoms with Gasteiger partial charge in [0.1, 0.15) is 5.82 Å². The van der Waals surface area contributed by atoms with Gasteiger partial charge in [0.2, 0.25) is 0 Å². The Bertz CT molecular complexity index is 1610. The number of hydrogen-bond acceptors (Lipinski definition) is 5. The maximum absolute atomic E-state index is 14.0. The van der Waals surface area contributed by atoms with Crippen LogP contribution in [0.1, 0.15) is 67.3 Å². The molecule has 1 aliphatic heterocycles. The second-order valence-electron chi connectivity index (χ2n) is 11.9. The largest absolute Gasteiger partial charge is 0.384 e. The summed E-state index contributed by atoms with van der Waals surface area (Å²) in [6.07, 6.45) is 2.07. The van der Waals surface area contributed by atoms with E-state index in [4.69, 9.17) is 17.3 Å². The van der Waals surface area contributed by atoms with E-state index in [0.717, 1.165) is 45.1 Å². The monoisotopic (exact) mass is 581 g/mol. The number of ketones is 1. The molecule has 5 rings (SSSR count). The maximum atomic E-state index is 14.0. The topological polar surface area (TPSA) is 70.1 Å². The number of allylic oxidation sites excluding steroid dienone is 3. The minimum atomic E-state index is -0.496. The van der Waals surface area contributed by atoms with Gasteiger partial charge in [0.05, 0.1) is 17.6 Å². The van der Waals surface area contributed by atoms with Gasteiger partial charge in [-0.2, -0.15) is 5.26 Å². The Hall–Kier alpha value is -3.46. The standard InChI is InChI=1S/C35H36ClN3OS/c1-6-23-7-11-26(12-8-23)39-30-17-35(4,5)18-31(40)33(30)32(29(19-37)34(39)38)28-16-21(2)15-24(22(28)3)20-41-27-13-9-25(36)10-14-27/h7-16,32H,6,17-18,20,38H2,1-5H3. The number of nitrogens with zero attached hydrogens (tertiary/aromatic N) is 2. The van der Waals surface area contributed by atoms with Crippen LogP contribution in [0.4, 0.5) is 5.69 Å². The second kappa shape index (κ2) is 11.4. The highest BCUT2D eigenvalue weighted by atomic mass is 35.5. The number of rotatable bonds is 6. The van der Waals surface area contributed by atoms with Crippen LogP contribution < -0.4 is 10.6 Å². The first kappa shape index (κ1) is 29.0. The van der Waals surface area contributed by atoms with Gasteiger partial charge in [0, 0.05) is 39.0 Å². The molecule has 1 unspecified atom stereocenters. The lowest BCUT2D eigenvalue weighted by molar-refractivity contribution is -0.118. The molecule has 3 aromatic carbocycles. The van der Waals surface area contributed by atoms with Crippen molar-refractivity contribution in [3.8, 4) is 6.07 Å². The predicted molar refractivity (Wildman–Crippen MR) is 170 cm³/mol. The van der Waals surface area contributed by atoms with Gasteiger partial charge in [-0.05, 0) is 90.8 Å². The molecule has 0 radical (unpaired) electrons. The molecule has 3 aromatic rings. The summed E-state index contributed by atoms with van der Waals surface area (Å²) >= 11 is 7.83. The van der Waals surface area contributed by atoms with Crippen LogP contribution in [0.3, 0.4) is 0 Å². The van der Waals surface area contributed by atoms with Crippen LogP contribution in [0, 0.1) is 30.6 Å². The van der Waals surface area contributed by atoms with E-state index in [1.807, 2.05) is 41.3 Å². The number of carbonyl (C=O) groups is 1. The summed E-state index contributed by atoms with van der Waals surface area (Å²) < 4.78 is 0. The zero-order valence-corrected chi connectivity index (χ0v) is 25.9. The Labute approximate surface area is 252 Å². The van der Waals surface area contributed by atoms with E-state index in [1.165, 1.54) is 11.1 Å². The van der Waals surface area contributed by atoms with E-state index in [-0.39, 0.29) is 11.2 Å². The van der Waals surface area contributed by atoms with Gasteiger partial charge in [-0.3, -0.25) is 9.69 Å². The van der Waals surface area contributed by atoms with E-state index in [1.54, 1.807) is 11.8 Å². The van der Waals surface area contributed by atoms with Gasteiger partial charge in [-0.25, -0.2) is 0 Å². The number of Topliss-reactive ketones (excluding diaryl/α,β-unsaturated/α-hetero) is 1. The first-order chi connectivity index (χ1) is 19.5. The lowest BCUT2D eigenvalue weighted by Crippen LogP contribution is -2.42. The highest BCUT2D eigenvalue weighted by molar-refractivity contribution is 7.98. The predicted octanol–water partition coefficient (Wildman–Crippen LogP) is 8.75. The number of halogens is 1. The van der Waals surface area contributed by atoms with Crippen LogP contribution >= 0.6 is 23.4 Å². The number of nitriles is 1. The van der Waals surface area contributed by atoms with E-state index in [0.29, 0.717) is 34.8 Å². The Kier molecular flexibility index (Phi) is 8.10. The van der Waals surface area contributed by atoms with Gasteiger partial charge < -0.3 is 5.73 Å². The molecule has 2 N–H and O–H groups in total. The van der Waals surface area contributed by atoms with Gasteiger partial charge in [-0.1, -0.05) is 62.2 Å². The summed E-state index contributed by atoms with van der Waals surface area (Å²) in [5.74, 6) is 0.765. The van der Waals surface area contributed by atoms with Crippen molar-refractivity contribution in [3.05, 3.63) is 116 Å². The van der Waals surface area contributed by atoms with Crippen LogP contribution in [-0.4, -0.2) is 5.78 Å².